The Balaban J connectivity index is 1.62. The number of esters is 1. The monoisotopic (exact) mass is 368 g/mol. The van der Waals surface area contributed by atoms with Crippen molar-refractivity contribution in [3.05, 3.63) is 69.3 Å². The van der Waals surface area contributed by atoms with Gasteiger partial charge in [0.1, 0.15) is 6.61 Å². The van der Waals surface area contributed by atoms with Crippen molar-refractivity contribution in [3.8, 4) is 0 Å². The Labute approximate surface area is 156 Å². The van der Waals surface area contributed by atoms with Crippen LogP contribution in [0.4, 0.5) is 11.4 Å². The van der Waals surface area contributed by atoms with Crippen LogP contribution in [0.3, 0.4) is 0 Å². The van der Waals surface area contributed by atoms with Crippen molar-refractivity contribution in [1.29, 1.82) is 0 Å². The van der Waals surface area contributed by atoms with Gasteiger partial charge in [-0.15, -0.1) is 0 Å². The van der Waals surface area contributed by atoms with Gasteiger partial charge in [-0.25, -0.2) is 0 Å². The molecule has 7 heteroatoms. The van der Waals surface area contributed by atoms with E-state index in [2.05, 4.69) is 0 Å². The Bertz CT molecular complexity index is 892. The third-order valence-corrected chi connectivity index (χ3v) is 4.85. The molecule has 2 aromatic rings. The second-order valence-electron chi connectivity index (χ2n) is 6.66. The molecular formula is C20H20N2O5. The Morgan fingerprint density at radius 2 is 1.93 bits per heavy atom. The van der Waals surface area contributed by atoms with E-state index >= 15 is 0 Å². The molecule has 0 unspecified atom stereocenters. The number of benzene rings is 2. The van der Waals surface area contributed by atoms with Gasteiger partial charge in [0.2, 0.25) is 5.91 Å². The molecule has 0 aliphatic carbocycles. The van der Waals surface area contributed by atoms with Crippen molar-refractivity contribution in [2.75, 3.05) is 11.4 Å². The van der Waals surface area contributed by atoms with Crippen LogP contribution in [0.2, 0.25) is 0 Å². The molecule has 0 spiro atoms. The summed E-state index contributed by atoms with van der Waals surface area (Å²) >= 11 is 0. The fourth-order valence-corrected chi connectivity index (χ4v) is 3.11. The largest absolute Gasteiger partial charge is 0.461 e. The number of nitrogens with zero attached hydrogens (tertiary/aromatic N) is 2. The Morgan fingerprint density at radius 1 is 1.22 bits per heavy atom. The summed E-state index contributed by atoms with van der Waals surface area (Å²) in [4.78, 5) is 36.6. The Hall–Kier alpha value is -3.22. The van der Waals surface area contributed by atoms with Crippen LogP contribution in [0.15, 0.2) is 42.5 Å². The van der Waals surface area contributed by atoms with Crippen LogP contribution in [-0.4, -0.2) is 23.3 Å². The minimum absolute atomic E-state index is 0.0179. The smallest absolute Gasteiger partial charge is 0.311 e. The standard InChI is InChI=1S/C20H20N2O5/c1-13-4-3-5-18(14(13)2)21-11-16(10-19(21)23)20(24)27-12-15-6-8-17(9-7-15)22(25)26/h3-9,16H,10-12H2,1-2H3/t16-/m1/s1. The summed E-state index contributed by atoms with van der Waals surface area (Å²) in [7, 11) is 0. The van der Waals surface area contributed by atoms with Crippen LogP contribution >= 0.6 is 0 Å². The summed E-state index contributed by atoms with van der Waals surface area (Å²) in [6.45, 7) is 4.25. The third-order valence-electron chi connectivity index (χ3n) is 4.85. The van der Waals surface area contributed by atoms with Gasteiger partial charge in [-0.1, -0.05) is 12.1 Å². The lowest BCUT2D eigenvalue weighted by Gasteiger charge is -2.20. The molecule has 0 radical (unpaired) electrons. The number of carbonyl (C=O) groups excluding carboxylic acids is 2. The number of rotatable bonds is 5. The highest BCUT2D eigenvalue weighted by molar-refractivity contribution is 6.00. The molecule has 1 aliphatic heterocycles. The SMILES string of the molecule is Cc1cccc(N2C[C@H](C(=O)OCc3ccc([N+](=O)[O-])cc3)CC2=O)c1C. The van der Waals surface area contributed by atoms with Crippen LogP contribution in [-0.2, 0) is 20.9 Å². The van der Waals surface area contributed by atoms with E-state index in [0.717, 1.165) is 16.8 Å². The third kappa shape index (κ3) is 3.97. The first-order valence-corrected chi connectivity index (χ1v) is 8.63. The number of non-ortho nitro benzene ring substituents is 1. The van der Waals surface area contributed by atoms with Crippen molar-refractivity contribution in [2.45, 2.75) is 26.9 Å². The van der Waals surface area contributed by atoms with E-state index in [1.807, 2.05) is 32.0 Å². The molecule has 3 rings (SSSR count). The van der Waals surface area contributed by atoms with Crippen LogP contribution in [0.1, 0.15) is 23.1 Å². The summed E-state index contributed by atoms with van der Waals surface area (Å²) < 4.78 is 5.31. The highest BCUT2D eigenvalue weighted by atomic mass is 16.6. The molecule has 0 N–H and O–H groups in total. The van der Waals surface area contributed by atoms with Crippen LogP contribution in [0.5, 0.6) is 0 Å². The fourth-order valence-electron chi connectivity index (χ4n) is 3.11. The molecule has 0 bridgehead atoms. The molecule has 1 atom stereocenters. The van der Waals surface area contributed by atoms with Gasteiger partial charge in [0.05, 0.1) is 10.8 Å². The molecule has 2 aromatic carbocycles. The first kappa shape index (κ1) is 18.6. The molecule has 27 heavy (non-hydrogen) atoms. The van der Waals surface area contributed by atoms with Gasteiger partial charge in [0.25, 0.3) is 5.69 Å². The van der Waals surface area contributed by atoms with E-state index in [1.54, 1.807) is 17.0 Å². The van der Waals surface area contributed by atoms with E-state index in [1.165, 1.54) is 12.1 Å². The van der Waals surface area contributed by atoms with Gasteiger partial charge in [0, 0.05) is 30.8 Å². The molecule has 1 aliphatic rings. The van der Waals surface area contributed by atoms with Crippen LogP contribution < -0.4 is 4.90 Å². The lowest BCUT2D eigenvalue weighted by Crippen LogP contribution is -2.27. The second-order valence-corrected chi connectivity index (χ2v) is 6.66. The normalized spacial score (nSPS) is 16.4. The summed E-state index contributed by atoms with van der Waals surface area (Å²) in [6, 6.07) is 11.6. The number of nitro benzene ring substituents is 1. The number of aryl methyl sites for hydroxylation is 1. The summed E-state index contributed by atoms with van der Waals surface area (Å²) in [5.41, 5.74) is 3.57. The van der Waals surface area contributed by atoms with Crippen molar-refractivity contribution >= 4 is 23.3 Å². The molecule has 1 saturated heterocycles. The van der Waals surface area contributed by atoms with Gasteiger partial charge in [-0.3, -0.25) is 19.7 Å². The molecule has 1 heterocycles. The average Bonchev–Trinajstić information content (AvgIpc) is 3.04. The van der Waals surface area contributed by atoms with E-state index in [-0.39, 0.29) is 24.6 Å². The zero-order chi connectivity index (χ0) is 19.6. The van der Waals surface area contributed by atoms with Crippen LogP contribution in [0, 0.1) is 29.9 Å². The zero-order valence-electron chi connectivity index (χ0n) is 15.2. The van der Waals surface area contributed by atoms with Gasteiger partial charge >= 0.3 is 5.97 Å². The molecule has 1 fully saturated rings. The highest BCUT2D eigenvalue weighted by Crippen LogP contribution is 2.30. The van der Waals surface area contributed by atoms with Crippen molar-refractivity contribution in [3.63, 3.8) is 0 Å². The predicted octanol–water partition coefficient (Wildman–Crippen LogP) is 3.31. The maximum atomic E-state index is 12.4. The van der Waals surface area contributed by atoms with Crippen molar-refractivity contribution in [2.24, 2.45) is 5.92 Å². The molecular weight excluding hydrogens is 348 g/mol. The number of amides is 1. The maximum Gasteiger partial charge on any atom is 0.311 e. The minimum Gasteiger partial charge on any atom is -0.461 e. The second kappa shape index (κ2) is 7.57. The van der Waals surface area contributed by atoms with E-state index in [0.29, 0.717) is 12.1 Å². The van der Waals surface area contributed by atoms with Crippen molar-refractivity contribution in [1.82, 2.24) is 0 Å². The van der Waals surface area contributed by atoms with Gasteiger partial charge in [0.15, 0.2) is 0 Å². The van der Waals surface area contributed by atoms with Gasteiger partial charge < -0.3 is 9.64 Å². The lowest BCUT2D eigenvalue weighted by atomic mass is 10.1. The number of carbonyl (C=O) groups is 2. The molecule has 7 nitrogen and oxygen atoms in total. The summed E-state index contributed by atoms with van der Waals surface area (Å²) in [5.74, 6) is -1.05. The topological polar surface area (TPSA) is 89.8 Å². The number of hydrogen-bond donors (Lipinski definition) is 0. The quantitative estimate of drug-likeness (QED) is 0.459. The zero-order valence-corrected chi connectivity index (χ0v) is 15.2. The maximum absolute atomic E-state index is 12.4. The van der Waals surface area contributed by atoms with Crippen LogP contribution in [0.25, 0.3) is 0 Å². The average molecular weight is 368 g/mol. The Morgan fingerprint density at radius 3 is 2.59 bits per heavy atom. The summed E-state index contributed by atoms with van der Waals surface area (Å²) in [6.07, 6.45) is 0.118. The minimum atomic E-state index is -0.518. The fraction of sp³-hybridized carbons (Fsp3) is 0.300. The van der Waals surface area contributed by atoms with E-state index in [4.69, 9.17) is 4.74 Å². The van der Waals surface area contributed by atoms with E-state index < -0.39 is 16.8 Å². The lowest BCUT2D eigenvalue weighted by molar-refractivity contribution is -0.384. The predicted molar refractivity (Wildman–Crippen MR) is 99.3 cm³/mol. The number of ether oxygens (including phenoxy) is 1. The number of nitro groups is 1. The molecule has 0 saturated carbocycles. The first-order chi connectivity index (χ1) is 12.9. The molecule has 140 valence electrons. The highest BCUT2D eigenvalue weighted by Gasteiger charge is 2.36. The Kier molecular flexibility index (Phi) is 5.21. The number of hydrogen-bond acceptors (Lipinski definition) is 5. The summed E-state index contributed by atoms with van der Waals surface area (Å²) in [5, 5.41) is 10.7. The molecule has 1 amide bonds. The van der Waals surface area contributed by atoms with Crippen molar-refractivity contribution < 1.29 is 19.2 Å². The van der Waals surface area contributed by atoms with Gasteiger partial charge in [-0.05, 0) is 48.7 Å². The molecule has 0 aromatic heterocycles. The van der Waals surface area contributed by atoms with E-state index in [9.17, 15) is 19.7 Å². The first-order valence-electron chi connectivity index (χ1n) is 8.63. The van der Waals surface area contributed by atoms with Gasteiger partial charge in [-0.2, -0.15) is 0 Å². The number of anilines is 1.